The molecule has 1 amide bonds. The Morgan fingerprint density at radius 1 is 1.47 bits per heavy atom. The average molecular weight is 249 g/mol. The predicted molar refractivity (Wildman–Crippen MR) is 55.3 cm³/mol. The van der Waals surface area contributed by atoms with Gasteiger partial charge in [0.15, 0.2) is 5.69 Å². The van der Waals surface area contributed by atoms with Gasteiger partial charge in [0, 0.05) is 26.7 Å². The second-order valence-electron chi connectivity index (χ2n) is 3.81. The molecule has 0 saturated heterocycles. The molecule has 96 valence electrons. The Kier molecular flexibility index (Phi) is 3.79. The maximum atomic E-state index is 12.4. The molecule has 0 aliphatic rings. The first-order valence-electron chi connectivity index (χ1n) is 5.09. The highest BCUT2D eigenvalue weighted by Crippen LogP contribution is 2.28. The Morgan fingerprint density at radius 2 is 2.06 bits per heavy atom. The molecule has 0 fully saturated rings. The van der Waals surface area contributed by atoms with Crippen LogP contribution in [0.15, 0.2) is 6.20 Å². The van der Waals surface area contributed by atoms with Crippen LogP contribution < -0.4 is 0 Å². The monoisotopic (exact) mass is 249 g/mol. The lowest BCUT2D eigenvalue weighted by Gasteiger charge is -2.11. The Balaban J connectivity index is 2.99. The summed E-state index contributed by atoms with van der Waals surface area (Å²) in [7, 11) is 3.10. The zero-order valence-electron chi connectivity index (χ0n) is 9.88. The van der Waals surface area contributed by atoms with Crippen LogP contribution in [-0.4, -0.2) is 34.5 Å². The van der Waals surface area contributed by atoms with Crippen LogP contribution in [0.2, 0.25) is 0 Å². The topological polar surface area (TPSA) is 38.1 Å². The van der Waals surface area contributed by atoms with Crippen LogP contribution in [0.1, 0.15) is 18.4 Å². The molecule has 0 N–H and O–H groups in total. The molecule has 17 heavy (non-hydrogen) atoms. The minimum absolute atomic E-state index is 0.126. The van der Waals surface area contributed by atoms with Gasteiger partial charge < -0.3 is 9.47 Å². The van der Waals surface area contributed by atoms with E-state index in [0.717, 1.165) is 6.20 Å². The highest BCUT2D eigenvalue weighted by atomic mass is 19.4. The van der Waals surface area contributed by atoms with Crippen LogP contribution in [0.5, 0.6) is 0 Å². The lowest BCUT2D eigenvalue weighted by molar-refractivity contribution is -0.141. The third kappa shape index (κ3) is 3.21. The lowest BCUT2D eigenvalue weighted by Crippen LogP contribution is -2.26. The quantitative estimate of drug-likeness (QED) is 0.815. The van der Waals surface area contributed by atoms with Gasteiger partial charge in [-0.05, 0) is 0 Å². The summed E-state index contributed by atoms with van der Waals surface area (Å²) >= 11 is 0. The van der Waals surface area contributed by atoms with Gasteiger partial charge in [0.2, 0.25) is 5.91 Å². The molecule has 0 atom stereocenters. The Morgan fingerprint density at radius 3 is 2.47 bits per heavy atom. The fourth-order valence-corrected chi connectivity index (χ4v) is 1.30. The number of hydrogen-bond donors (Lipinski definition) is 0. The van der Waals surface area contributed by atoms with Crippen molar-refractivity contribution in [2.24, 2.45) is 0 Å². The molecule has 1 heterocycles. The second kappa shape index (κ2) is 4.77. The van der Waals surface area contributed by atoms with Crippen molar-refractivity contribution in [2.75, 3.05) is 14.1 Å². The third-order valence-electron chi connectivity index (χ3n) is 2.27. The van der Waals surface area contributed by atoms with E-state index in [-0.39, 0.29) is 18.3 Å². The van der Waals surface area contributed by atoms with E-state index < -0.39 is 11.9 Å². The molecule has 0 aliphatic heterocycles. The summed E-state index contributed by atoms with van der Waals surface area (Å²) < 4.78 is 38.6. The fraction of sp³-hybridized carbons (Fsp3) is 0.600. The fourth-order valence-electron chi connectivity index (χ4n) is 1.30. The predicted octanol–water partition coefficient (Wildman–Crippen LogP) is 1.55. The third-order valence-corrected chi connectivity index (χ3v) is 2.27. The first kappa shape index (κ1) is 13.5. The Hall–Kier alpha value is -1.53. The highest BCUT2D eigenvalue weighted by Gasteiger charge is 2.34. The lowest BCUT2D eigenvalue weighted by atomic mass is 10.4. The summed E-state index contributed by atoms with van der Waals surface area (Å²) in [6, 6.07) is 0. The molecular formula is C10H14F3N3O. The summed E-state index contributed by atoms with van der Waals surface area (Å²) in [6.45, 7) is 1.57. The van der Waals surface area contributed by atoms with E-state index >= 15 is 0 Å². The van der Waals surface area contributed by atoms with Crippen LogP contribution in [0.4, 0.5) is 13.2 Å². The number of imidazole rings is 1. The van der Waals surface area contributed by atoms with Gasteiger partial charge in [0.25, 0.3) is 0 Å². The van der Waals surface area contributed by atoms with Crippen molar-refractivity contribution in [1.82, 2.24) is 14.5 Å². The largest absolute Gasteiger partial charge is 0.434 e. The number of hydrogen-bond acceptors (Lipinski definition) is 2. The van der Waals surface area contributed by atoms with Crippen LogP contribution >= 0.6 is 0 Å². The molecule has 0 unspecified atom stereocenters. The summed E-state index contributed by atoms with van der Waals surface area (Å²) in [4.78, 5) is 16.2. The van der Waals surface area contributed by atoms with Gasteiger partial charge in [-0.1, -0.05) is 6.92 Å². The zero-order valence-corrected chi connectivity index (χ0v) is 9.88. The zero-order chi connectivity index (χ0) is 13.2. The molecule has 1 aromatic rings. The van der Waals surface area contributed by atoms with Crippen molar-refractivity contribution in [3.8, 4) is 0 Å². The van der Waals surface area contributed by atoms with E-state index in [4.69, 9.17) is 0 Å². The first-order chi connectivity index (χ1) is 7.75. The number of aromatic nitrogens is 2. The van der Waals surface area contributed by atoms with Gasteiger partial charge in [-0.3, -0.25) is 4.79 Å². The van der Waals surface area contributed by atoms with Crippen LogP contribution in [0.3, 0.4) is 0 Å². The van der Waals surface area contributed by atoms with Gasteiger partial charge >= 0.3 is 6.18 Å². The molecule has 0 aliphatic carbocycles. The maximum Gasteiger partial charge on any atom is 0.434 e. The number of aryl methyl sites for hydroxylation is 1. The van der Waals surface area contributed by atoms with E-state index in [1.807, 2.05) is 0 Å². The first-order valence-corrected chi connectivity index (χ1v) is 5.09. The van der Waals surface area contributed by atoms with E-state index in [2.05, 4.69) is 4.98 Å². The summed E-state index contributed by atoms with van der Waals surface area (Å²) in [5, 5.41) is 0. The van der Waals surface area contributed by atoms with Gasteiger partial charge in [0.05, 0.1) is 0 Å². The Bertz CT molecular complexity index is 409. The van der Waals surface area contributed by atoms with E-state index in [9.17, 15) is 18.0 Å². The number of likely N-dealkylation sites (N-methyl/N-ethyl adjacent to an activating group) is 1. The van der Waals surface area contributed by atoms with Gasteiger partial charge in [-0.2, -0.15) is 13.2 Å². The smallest absolute Gasteiger partial charge is 0.347 e. The second-order valence-corrected chi connectivity index (χ2v) is 3.81. The van der Waals surface area contributed by atoms with E-state index in [1.165, 1.54) is 9.47 Å². The normalized spacial score (nSPS) is 11.6. The number of nitrogens with zero attached hydrogens (tertiary/aromatic N) is 3. The molecule has 0 spiro atoms. The van der Waals surface area contributed by atoms with Crippen molar-refractivity contribution >= 4 is 5.91 Å². The van der Waals surface area contributed by atoms with Crippen LogP contribution in [0, 0.1) is 0 Å². The number of amides is 1. The van der Waals surface area contributed by atoms with Gasteiger partial charge in [0.1, 0.15) is 12.4 Å². The van der Waals surface area contributed by atoms with Crippen molar-refractivity contribution in [2.45, 2.75) is 26.1 Å². The highest BCUT2D eigenvalue weighted by molar-refractivity contribution is 5.75. The van der Waals surface area contributed by atoms with Crippen molar-refractivity contribution in [1.29, 1.82) is 0 Å². The minimum Gasteiger partial charge on any atom is -0.347 e. The van der Waals surface area contributed by atoms with Crippen molar-refractivity contribution in [3.05, 3.63) is 17.7 Å². The molecule has 4 nitrogen and oxygen atoms in total. The van der Waals surface area contributed by atoms with Gasteiger partial charge in [-0.15, -0.1) is 0 Å². The number of carbonyl (C=O) groups excluding carboxylic acids is 1. The molecular weight excluding hydrogens is 235 g/mol. The number of alkyl halides is 3. The van der Waals surface area contributed by atoms with E-state index in [1.54, 1.807) is 21.0 Å². The van der Waals surface area contributed by atoms with Crippen molar-refractivity contribution < 1.29 is 18.0 Å². The summed E-state index contributed by atoms with van der Waals surface area (Å²) in [5.74, 6) is -0.0154. The van der Waals surface area contributed by atoms with Crippen molar-refractivity contribution in [3.63, 3.8) is 0 Å². The SMILES string of the molecule is CCc1nc(C(F)(F)F)cn1CC(=O)N(C)C. The average Bonchev–Trinajstić information content (AvgIpc) is 2.60. The number of rotatable bonds is 3. The molecule has 0 aromatic carbocycles. The molecule has 1 aromatic heterocycles. The number of carbonyl (C=O) groups is 1. The molecule has 0 radical (unpaired) electrons. The van der Waals surface area contributed by atoms with E-state index in [0.29, 0.717) is 6.42 Å². The number of halogens is 3. The summed E-state index contributed by atoms with van der Waals surface area (Å²) in [5.41, 5.74) is -0.957. The molecule has 1 rings (SSSR count). The molecule has 7 heteroatoms. The minimum atomic E-state index is -4.48. The molecule has 0 saturated carbocycles. The maximum absolute atomic E-state index is 12.4. The Labute approximate surface area is 97.0 Å². The van der Waals surface area contributed by atoms with Crippen LogP contribution in [0.25, 0.3) is 0 Å². The van der Waals surface area contributed by atoms with Gasteiger partial charge in [-0.25, -0.2) is 4.98 Å². The standard InChI is InChI=1S/C10H14F3N3O/c1-4-8-14-7(10(11,12)13)5-16(8)6-9(17)15(2)3/h5H,4,6H2,1-3H3. The summed E-state index contributed by atoms with van der Waals surface area (Å²) in [6.07, 6.45) is -3.26. The molecule has 0 bridgehead atoms. The van der Waals surface area contributed by atoms with Crippen LogP contribution in [-0.2, 0) is 23.9 Å².